The first-order valence-electron chi connectivity index (χ1n) is 12.1. The fourth-order valence-electron chi connectivity index (χ4n) is 3.55. The maximum Gasteiger partial charge on any atom is 0.340 e. The maximum absolute atomic E-state index is 12.5. The minimum atomic E-state index is -0.680. The van der Waals surface area contributed by atoms with Gasteiger partial charge in [-0.25, -0.2) is 4.79 Å². The molecule has 34 heavy (non-hydrogen) atoms. The van der Waals surface area contributed by atoms with Crippen LogP contribution in [0.2, 0.25) is 5.02 Å². The molecule has 0 aliphatic carbocycles. The second-order valence-corrected chi connectivity index (χ2v) is 8.74. The molecule has 0 aliphatic heterocycles. The quantitative estimate of drug-likeness (QED) is 0.210. The van der Waals surface area contributed by atoms with E-state index in [1.807, 2.05) is 0 Å². The van der Waals surface area contributed by atoms with Crippen molar-refractivity contribution in [2.45, 2.75) is 71.1 Å². The van der Waals surface area contributed by atoms with Crippen LogP contribution in [0.25, 0.3) is 0 Å². The summed E-state index contributed by atoms with van der Waals surface area (Å²) in [5.74, 6) is -1.30. The van der Waals surface area contributed by atoms with Crippen LogP contribution in [0, 0.1) is 0 Å². The molecule has 0 aliphatic rings. The summed E-state index contributed by atoms with van der Waals surface area (Å²) >= 11 is 5.90. The molecule has 0 saturated carbocycles. The third kappa shape index (κ3) is 10.8. The zero-order valence-electron chi connectivity index (χ0n) is 19.9. The number of para-hydroxylation sites is 1. The predicted molar refractivity (Wildman–Crippen MR) is 137 cm³/mol. The van der Waals surface area contributed by atoms with Gasteiger partial charge in [-0.1, -0.05) is 88.1 Å². The van der Waals surface area contributed by atoms with E-state index in [0.717, 1.165) is 19.3 Å². The highest BCUT2D eigenvalue weighted by molar-refractivity contribution is 6.30. The van der Waals surface area contributed by atoms with E-state index in [2.05, 4.69) is 17.6 Å². The molecule has 2 aromatic carbocycles. The van der Waals surface area contributed by atoms with Crippen molar-refractivity contribution in [3.05, 3.63) is 59.1 Å². The zero-order chi connectivity index (χ0) is 24.6. The number of amides is 2. The van der Waals surface area contributed by atoms with Crippen LogP contribution in [0.15, 0.2) is 48.5 Å². The van der Waals surface area contributed by atoms with E-state index in [1.165, 1.54) is 38.5 Å². The second kappa shape index (κ2) is 15.9. The Morgan fingerprint density at radius 1 is 0.794 bits per heavy atom. The molecule has 0 bridgehead atoms. The fourth-order valence-corrected chi connectivity index (χ4v) is 3.74. The van der Waals surface area contributed by atoms with Crippen LogP contribution in [-0.2, 0) is 14.3 Å². The number of unbranched alkanes of at least 4 members (excludes halogenated alkanes) is 8. The van der Waals surface area contributed by atoms with Gasteiger partial charge in [0.15, 0.2) is 6.61 Å². The van der Waals surface area contributed by atoms with E-state index < -0.39 is 18.5 Å². The Kier molecular flexibility index (Phi) is 12.8. The number of hydrogen-bond acceptors (Lipinski definition) is 4. The number of rotatable bonds is 15. The van der Waals surface area contributed by atoms with Crippen LogP contribution in [-0.4, -0.2) is 24.4 Å². The van der Waals surface area contributed by atoms with Gasteiger partial charge >= 0.3 is 5.97 Å². The van der Waals surface area contributed by atoms with Crippen molar-refractivity contribution in [3.63, 3.8) is 0 Å². The lowest BCUT2D eigenvalue weighted by molar-refractivity contribution is -0.119. The molecular weight excluding hydrogens is 452 g/mol. The van der Waals surface area contributed by atoms with E-state index in [0.29, 0.717) is 22.8 Å². The summed E-state index contributed by atoms with van der Waals surface area (Å²) in [6.07, 6.45) is 11.0. The van der Waals surface area contributed by atoms with Crippen LogP contribution < -0.4 is 10.6 Å². The number of nitrogens with one attached hydrogen (secondary N) is 2. The number of hydrogen-bond donors (Lipinski definition) is 2. The van der Waals surface area contributed by atoms with Crippen molar-refractivity contribution < 1.29 is 19.1 Å². The van der Waals surface area contributed by atoms with Gasteiger partial charge in [0.25, 0.3) is 5.91 Å². The predicted octanol–water partition coefficient (Wildman–Crippen LogP) is 6.99. The van der Waals surface area contributed by atoms with E-state index in [4.69, 9.17) is 16.3 Å². The lowest BCUT2D eigenvalue weighted by Gasteiger charge is -2.11. The van der Waals surface area contributed by atoms with Crippen LogP contribution in [0.4, 0.5) is 11.4 Å². The Labute approximate surface area is 207 Å². The molecule has 0 saturated heterocycles. The molecule has 0 atom stereocenters. The third-order valence-electron chi connectivity index (χ3n) is 5.37. The van der Waals surface area contributed by atoms with Gasteiger partial charge in [0, 0.05) is 17.1 Å². The molecule has 0 spiro atoms. The molecule has 2 N–H and O–H groups in total. The highest BCUT2D eigenvalue weighted by atomic mass is 35.5. The number of anilines is 2. The average molecular weight is 487 g/mol. The summed E-state index contributed by atoms with van der Waals surface area (Å²) < 4.78 is 5.14. The second-order valence-electron chi connectivity index (χ2n) is 8.31. The SMILES string of the molecule is CCCCCCCCCCCC(=O)Nc1ccccc1C(=O)OCC(=O)Nc1cccc(Cl)c1. The summed E-state index contributed by atoms with van der Waals surface area (Å²) in [5.41, 5.74) is 1.10. The van der Waals surface area contributed by atoms with Crippen LogP contribution >= 0.6 is 11.6 Å². The first-order chi connectivity index (χ1) is 16.5. The van der Waals surface area contributed by atoms with Crippen molar-refractivity contribution in [2.75, 3.05) is 17.2 Å². The molecule has 7 heteroatoms. The Morgan fingerprint density at radius 3 is 2.18 bits per heavy atom. The Hall–Kier alpha value is -2.86. The highest BCUT2D eigenvalue weighted by Crippen LogP contribution is 2.18. The van der Waals surface area contributed by atoms with E-state index in [-0.39, 0.29) is 11.5 Å². The summed E-state index contributed by atoms with van der Waals surface area (Å²) in [4.78, 5) is 36.9. The first-order valence-corrected chi connectivity index (χ1v) is 12.5. The molecule has 6 nitrogen and oxygen atoms in total. The van der Waals surface area contributed by atoms with Crippen molar-refractivity contribution in [2.24, 2.45) is 0 Å². The third-order valence-corrected chi connectivity index (χ3v) is 5.61. The highest BCUT2D eigenvalue weighted by Gasteiger charge is 2.16. The number of carbonyl (C=O) groups is 3. The Balaban J connectivity index is 1.72. The van der Waals surface area contributed by atoms with Crippen molar-refractivity contribution in [1.29, 1.82) is 0 Å². The summed E-state index contributed by atoms with van der Waals surface area (Å²) in [5, 5.41) is 5.90. The first kappa shape index (κ1) is 27.4. The van der Waals surface area contributed by atoms with Crippen molar-refractivity contribution >= 4 is 40.8 Å². The number of halogens is 1. The van der Waals surface area contributed by atoms with Crippen LogP contribution in [0.1, 0.15) is 81.5 Å². The Morgan fingerprint density at radius 2 is 1.47 bits per heavy atom. The monoisotopic (exact) mass is 486 g/mol. The van der Waals surface area contributed by atoms with Gasteiger partial charge in [-0.2, -0.15) is 0 Å². The normalized spacial score (nSPS) is 10.5. The molecular formula is C27H35ClN2O4. The molecule has 0 aromatic heterocycles. The van der Waals surface area contributed by atoms with E-state index in [9.17, 15) is 14.4 Å². The standard InChI is InChI=1S/C27H35ClN2O4/c1-2-3-4-5-6-7-8-9-10-18-25(31)30-24-17-12-11-16-23(24)27(33)34-20-26(32)29-22-15-13-14-21(28)19-22/h11-17,19H,2-10,18,20H2,1H3,(H,29,32)(H,30,31). The van der Waals surface area contributed by atoms with Gasteiger partial charge in [0.1, 0.15) is 0 Å². The van der Waals surface area contributed by atoms with Gasteiger partial charge in [-0.15, -0.1) is 0 Å². The van der Waals surface area contributed by atoms with Gasteiger partial charge in [-0.3, -0.25) is 9.59 Å². The molecule has 0 heterocycles. The Bertz CT molecular complexity index is 932. The van der Waals surface area contributed by atoms with Gasteiger partial charge in [0.05, 0.1) is 11.3 Å². The minimum absolute atomic E-state index is 0.137. The lowest BCUT2D eigenvalue weighted by atomic mass is 10.1. The molecule has 2 amide bonds. The number of esters is 1. The van der Waals surface area contributed by atoms with Crippen molar-refractivity contribution in [1.82, 2.24) is 0 Å². The largest absolute Gasteiger partial charge is 0.452 e. The van der Waals surface area contributed by atoms with E-state index >= 15 is 0 Å². The molecule has 0 fully saturated rings. The average Bonchev–Trinajstić information content (AvgIpc) is 2.82. The van der Waals surface area contributed by atoms with Crippen LogP contribution in [0.3, 0.4) is 0 Å². The number of carbonyl (C=O) groups excluding carboxylic acids is 3. The summed E-state index contributed by atoms with van der Waals surface area (Å²) in [6.45, 7) is 1.76. The minimum Gasteiger partial charge on any atom is -0.452 e. The maximum atomic E-state index is 12.5. The van der Waals surface area contributed by atoms with Gasteiger partial charge in [-0.05, 0) is 36.8 Å². The summed E-state index contributed by atoms with van der Waals surface area (Å²) in [6, 6.07) is 13.3. The van der Waals surface area contributed by atoms with Gasteiger partial charge < -0.3 is 15.4 Å². The smallest absolute Gasteiger partial charge is 0.340 e. The molecule has 184 valence electrons. The molecule has 0 radical (unpaired) electrons. The fraction of sp³-hybridized carbons (Fsp3) is 0.444. The number of ether oxygens (including phenoxy) is 1. The molecule has 2 aromatic rings. The van der Waals surface area contributed by atoms with Crippen LogP contribution in [0.5, 0.6) is 0 Å². The summed E-state index contributed by atoms with van der Waals surface area (Å²) in [7, 11) is 0. The van der Waals surface area contributed by atoms with Gasteiger partial charge in [0.2, 0.25) is 5.91 Å². The zero-order valence-corrected chi connectivity index (χ0v) is 20.7. The van der Waals surface area contributed by atoms with Crippen molar-refractivity contribution in [3.8, 4) is 0 Å². The lowest BCUT2D eigenvalue weighted by Crippen LogP contribution is -2.22. The number of benzene rings is 2. The topological polar surface area (TPSA) is 84.5 Å². The molecule has 0 unspecified atom stereocenters. The molecule has 2 rings (SSSR count). The van der Waals surface area contributed by atoms with E-state index in [1.54, 1.807) is 48.5 Å².